The molecule has 0 aromatic heterocycles. The molecule has 2 radical (unpaired) electrons. The van der Waals surface area contributed by atoms with Crippen molar-refractivity contribution in [2.24, 2.45) is 0 Å². The van der Waals surface area contributed by atoms with Gasteiger partial charge in [-0.05, 0) is 30.4 Å². The molecule has 0 fully saturated rings. The Labute approximate surface area is 82.8 Å². The summed E-state index contributed by atoms with van der Waals surface area (Å²) in [5.74, 6) is 0. The number of hydrogen-bond acceptors (Lipinski definition) is 0. The number of benzene rings is 1. The zero-order valence-electron chi connectivity index (χ0n) is 9.23. The van der Waals surface area contributed by atoms with Crippen LogP contribution in [0.5, 0.6) is 0 Å². The van der Waals surface area contributed by atoms with Gasteiger partial charge in [-0.15, -0.1) is 0 Å². The molecule has 0 aliphatic heterocycles. The van der Waals surface area contributed by atoms with Crippen LogP contribution >= 0.6 is 0 Å². The van der Waals surface area contributed by atoms with Crippen LogP contribution in [0.4, 0.5) is 0 Å². The predicted molar refractivity (Wildman–Crippen MR) is 60.0 cm³/mol. The summed E-state index contributed by atoms with van der Waals surface area (Å²) in [6.07, 6.45) is 0. The lowest BCUT2D eigenvalue weighted by molar-refractivity contribution is 0.590. The second kappa shape index (κ2) is 3.21. The molecule has 0 saturated heterocycles. The van der Waals surface area contributed by atoms with Crippen LogP contribution in [0, 0.1) is 13.8 Å². The quantitative estimate of drug-likeness (QED) is 0.527. The Morgan fingerprint density at radius 3 is 2.00 bits per heavy atom. The number of aryl methyl sites for hydroxylation is 2. The molecule has 0 heterocycles. The van der Waals surface area contributed by atoms with Gasteiger partial charge < -0.3 is 0 Å². The van der Waals surface area contributed by atoms with E-state index in [4.69, 9.17) is 7.85 Å². The van der Waals surface area contributed by atoms with Gasteiger partial charge in [0.15, 0.2) is 0 Å². The van der Waals surface area contributed by atoms with Crippen LogP contribution in [0.1, 0.15) is 37.5 Å². The summed E-state index contributed by atoms with van der Waals surface area (Å²) in [5.41, 5.74) is 4.87. The van der Waals surface area contributed by atoms with E-state index in [1.807, 2.05) is 6.07 Å². The van der Waals surface area contributed by atoms with E-state index in [0.29, 0.717) is 0 Å². The zero-order chi connectivity index (χ0) is 10.2. The van der Waals surface area contributed by atoms with E-state index in [2.05, 4.69) is 40.7 Å². The van der Waals surface area contributed by atoms with E-state index in [1.54, 1.807) is 0 Å². The van der Waals surface area contributed by atoms with E-state index in [1.165, 1.54) is 16.7 Å². The minimum Gasteiger partial charge on any atom is -0.0925 e. The van der Waals surface area contributed by atoms with Crippen molar-refractivity contribution < 1.29 is 0 Å². The molecule has 0 N–H and O–H groups in total. The lowest BCUT2D eigenvalue weighted by atomic mass is 9.74. The van der Waals surface area contributed by atoms with Gasteiger partial charge in [0.2, 0.25) is 0 Å². The summed E-state index contributed by atoms with van der Waals surface area (Å²) in [6.45, 7) is 10.8. The predicted octanol–water partition coefficient (Wildman–Crippen LogP) is 2.39. The second-order valence-corrected chi connectivity index (χ2v) is 4.80. The van der Waals surface area contributed by atoms with Crippen molar-refractivity contribution in [3.05, 3.63) is 28.8 Å². The van der Waals surface area contributed by atoms with Crippen molar-refractivity contribution in [2.75, 3.05) is 0 Å². The Kier molecular flexibility index (Phi) is 2.56. The highest BCUT2D eigenvalue weighted by Gasteiger charge is 2.17. The standard InChI is InChI=1S/C12H17B/c1-8-6-9(2)11(10(13)7-8)12(3,4)5/h6-7H,1-5H3. The van der Waals surface area contributed by atoms with Crippen molar-refractivity contribution in [1.29, 1.82) is 0 Å². The summed E-state index contributed by atoms with van der Waals surface area (Å²) >= 11 is 0. The lowest BCUT2D eigenvalue weighted by Gasteiger charge is -2.25. The SMILES string of the molecule is [B]c1cc(C)cc(C)c1C(C)(C)C. The van der Waals surface area contributed by atoms with Crippen LogP contribution in [0.2, 0.25) is 0 Å². The molecular weight excluding hydrogens is 155 g/mol. The minimum absolute atomic E-state index is 0.141. The van der Waals surface area contributed by atoms with Crippen molar-refractivity contribution >= 4 is 13.3 Å². The summed E-state index contributed by atoms with van der Waals surface area (Å²) in [6, 6.07) is 4.24. The van der Waals surface area contributed by atoms with E-state index >= 15 is 0 Å². The molecule has 0 atom stereocenters. The second-order valence-electron chi connectivity index (χ2n) is 4.80. The highest BCUT2D eigenvalue weighted by molar-refractivity contribution is 6.33. The third kappa shape index (κ3) is 2.15. The van der Waals surface area contributed by atoms with E-state index in [-0.39, 0.29) is 5.41 Å². The van der Waals surface area contributed by atoms with Gasteiger partial charge in [-0.3, -0.25) is 0 Å². The topological polar surface area (TPSA) is 0 Å². The van der Waals surface area contributed by atoms with Gasteiger partial charge >= 0.3 is 0 Å². The van der Waals surface area contributed by atoms with E-state index in [0.717, 1.165) is 5.46 Å². The van der Waals surface area contributed by atoms with Crippen LogP contribution in [-0.2, 0) is 5.41 Å². The maximum absolute atomic E-state index is 6.01. The Morgan fingerprint density at radius 2 is 1.62 bits per heavy atom. The van der Waals surface area contributed by atoms with Crippen molar-refractivity contribution in [3.8, 4) is 0 Å². The van der Waals surface area contributed by atoms with Crippen molar-refractivity contribution in [3.63, 3.8) is 0 Å². The Balaban J connectivity index is 3.38. The first-order valence-electron chi connectivity index (χ1n) is 4.69. The molecule has 13 heavy (non-hydrogen) atoms. The van der Waals surface area contributed by atoms with E-state index in [9.17, 15) is 0 Å². The average molecular weight is 172 g/mol. The van der Waals surface area contributed by atoms with Crippen molar-refractivity contribution in [1.82, 2.24) is 0 Å². The zero-order valence-corrected chi connectivity index (χ0v) is 9.23. The lowest BCUT2D eigenvalue weighted by Crippen LogP contribution is -2.25. The maximum atomic E-state index is 6.01. The Bertz CT molecular complexity index is 295. The van der Waals surface area contributed by atoms with Gasteiger partial charge in [0.1, 0.15) is 7.85 Å². The summed E-state index contributed by atoms with van der Waals surface area (Å²) in [4.78, 5) is 0. The van der Waals surface area contributed by atoms with Crippen LogP contribution in [0.15, 0.2) is 12.1 Å². The molecular formula is C12H17B. The van der Waals surface area contributed by atoms with Crippen LogP contribution in [0.25, 0.3) is 0 Å². The summed E-state index contributed by atoms with van der Waals surface area (Å²) < 4.78 is 0. The molecule has 1 heteroatoms. The molecule has 0 nitrogen and oxygen atoms in total. The molecule has 0 amide bonds. The molecule has 0 aliphatic carbocycles. The first kappa shape index (κ1) is 10.4. The molecule has 0 bridgehead atoms. The van der Waals surface area contributed by atoms with Gasteiger partial charge in [0.05, 0.1) is 0 Å². The summed E-state index contributed by atoms with van der Waals surface area (Å²) in [5, 5.41) is 0. The smallest absolute Gasteiger partial charge is 0.0925 e. The fourth-order valence-electron chi connectivity index (χ4n) is 2.02. The molecule has 1 aromatic carbocycles. The molecule has 68 valence electrons. The van der Waals surface area contributed by atoms with Gasteiger partial charge in [-0.1, -0.05) is 43.9 Å². The molecule has 0 saturated carbocycles. The molecule has 0 aliphatic rings. The summed E-state index contributed by atoms with van der Waals surface area (Å²) in [7, 11) is 6.01. The first-order valence-corrected chi connectivity index (χ1v) is 4.69. The monoisotopic (exact) mass is 172 g/mol. The normalized spacial score (nSPS) is 11.8. The highest BCUT2D eigenvalue weighted by atomic mass is 14.2. The molecule has 1 rings (SSSR count). The van der Waals surface area contributed by atoms with Crippen molar-refractivity contribution in [2.45, 2.75) is 40.0 Å². The maximum Gasteiger partial charge on any atom is 0.114 e. The number of hydrogen-bond donors (Lipinski definition) is 0. The van der Waals surface area contributed by atoms with Crippen LogP contribution in [0.3, 0.4) is 0 Å². The molecule has 0 spiro atoms. The first-order chi connectivity index (χ1) is 5.82. The average Bonchev–Trinajstić information content (AvgIpc) is 1.78. The minimum atomic E-state index is 0.141. The third-order valence-corrected chi connectivity index (χ3v) is 2.26. The Morgan fingerprint density at radius 1 is 1.08 bits per heavy atom. The fraction of sp³-hybridized carbons (Fsp3) is 0.500. The third-order valence-electron chi connectivity index (χ3n) is 2.26. The number of rotatable bonds is 0. The van der Waals surface area contributed by atoms with Gasteiger partial charge in [-0.25, -0.2) is 0 Å². The molecule has 1 aromatic rings. The van der Waals surface area contributed by atoms with Crippen LogP contribution < -0.4 is 5.46 Å². The van der Waals surface area contributed by atoms with E-state index < -0.39 is 0 Å². The molecule has 0 unspecified atom stereocenters. The van der Waals surface area contributed by atoms with Gasteiger partial charge in [0.25, 0.3) is 0 Å². The van der Waals surface area contributed by atoms with Gasteiger partial charge in [-0.2, -0.15) is 0 Å². The Hall–Kier alpha value is -0.715. The van der Waals surface area contributed by atoms with Gasteiger partial charge in [0, 0.05) is 0 Å². The largest absolute Gasteiger partial charge is 0.114 e. The fourth-order valence-corrected chi connectivity index (χ4v) is 2.02. The highest BCUT2D eigenvalue weighted by Crippen LogP contribution is 2.23. The van der Waals surface area contributed by atoms with Crippen LogP contribution in [-0.4, -0.2) is 7.85 Å².